The number of amides is 7. The van der Waals surface area contributed by atoms with Crippen molar-refractivity contribution in [3.8, 4) is 69.0 Å². The van der Waals surface area contributed by atoms with Crippen LogP contribution in [0.15, 0.2) is 133 Å². The van der Waals surface area contributed by atoms with E-state index in [1.807, 2.05) is 68.4 Å². The van der Waals surface area contributed by atoms with E-state index in [0.717, 1.165) is 83.4 Å². The molecule has 35 heteroatoms. The fraction of sp³-hybridized carbons (Fsp3) is 0.358. The summed E-state index contributed by atoms with van der Waals surface area (Å²) in [4.78, 5) is 118. The highest BCUT2D eigenvalue weighted by atomic mass is 35.5. The second kappa shape index (κ2) is 35.5. The van der Waals surface area contributed by atoms with Gasteiger partial charge in [0.15, 0.2) is 29.9 Å². The number of nitrogens with one attached hydrogen (secondary N) is 8. The molecular formula is C81H85Cl2N9O24. The number of phenols is 3. The minimum Gasteiger partial charge on any atom is -0.508 e. The van der Waals surface area contributed by atoms with Gasteiger partial charge in [-0.2, -0.15) is 0 Å². The quantitative estimate of drug-likeness (QED) is 0.0617. The number of aliphatic hydroxyl groups excluding tert-OH is 6. The molecule has 7 aliphatic heterocycles. The summed E-state index contributed by atoms with van der Waals surface area (Å²) in [5.41, 5.74) is 4.05. The van der Waals surface area contributed by atoms with E-state index in [4.69, 9.17) is 57.4 Å². The Morgan fingerprint density at radius 2 is 1.28 bits per heavy atom. The maximum absolute atomic E-state index is 16.2. The van der Waals surface area contributed by atoms with E-state index < -0.39 is 237 Å². The van der Waals surface area contributed by atoms with Crippen LogP contribution in [0, 0.1) is 17.8 Å². The number of benzene rings is 7. The van der Waals surface area contributed by atoms with Crippen LogP contribution in [0.4, 0.5) is 0 Å². The molecule has 18 atom stereocenters. The average Bonchev–Trinajstić information content (AvgIpc) is 0.766. The van der Waals surface area contributed by atoms with Gasteiger partial charge in [0.1, 0.15) is 89.5 Å². The topological polar surface area (TPSA) is 517 Å². The molecule has 0 saturated carbocycles. The molecule has 11 bridgehead atoms. The van der Waals surface area contributed by atoms with E-state index in [9.17, 15) is 75.0 Å². The zero-order valence-electron chi connectivity index (χ0n) is 62.7. The van der Waals surface area contributed by atoms with Gasteiger partial charge in [-0.05, 0) is 140 Å². The number of nitrogens with two attached hydrogens (primary N) is 1. The van der Waals surface area contributed by atoms with Crippen LogP contribution in [0.2, 0.25) is 10.0 Å². The third kappa shape index (κ3) is 18.5. The molecule has 612 valence electrons. The summed E-state index contributed by atoms with van der Waals surface area (Å²) in [6.07, 6.45) is -18.7. The summed E-state index contributed by atoms with van der Waals surface area (Å²) in [6, 6.07) is 16.2. The Morgan fingerprint density at radius 1 is 0.672 bits per heavy atom. The van der Waals surface area contributed by atoms with Crippen molar-refractivity contribution in [3.63, 3.8) is 0 Å². The fourth-order valence-corrected chi connectivity index (χ4v) is 14.8. The van der Waals surface area contributed by atoms with Gasteiger partial charge < -0.3 is 128 Å². The number of carbonyl (C=O) groups excluding carboxylic acids is 7. The van der Waals surface area contributed by atoms with Crippen LogP contribution in [0.3, 0.4) is 0 Å². The summed E-state index contributed by atoms with van der Waals surface area (Å²) in [5.74, 6) is -9.76. The van der Waals surface area contributed by atoms with Crippen molar-refractivity contribution in [1.82, 2.24) is 42.5 Å². The predicted molar refractivity (Wildman–Crippen MR) is 411 cm³/mol. The standard InChI is InChI=1S/C81H85Cl2N9O24/c1-35(2)23-49(85-5)73(103)91-64-66(98)41-18-21-53(47(82)25-41)112-55-27-43-28-56(70(55)116-80-71(69(101)68(100)57(34-93)114-80)115-59-32-81(4,72(102)36(3)111-59)86-33-39-15-13-38(14-16-39)12-11-37-9-7-6-8-10-37)113-54-22-19-42(26-48(54)83)67(99)65-78(108)90-63(79(109)110)46-29-44(94)30-52(96)60(46)45-24-40(17-20-51(45)95)61(75(105)92-65)89-76(106)62(43)88-74(104)50(31-58(84)97)87-77(64)107/h6-10,13-22,24-30,35-36,49-50,57,59,61-69,71-72,80,85-86,93-96,98-102H,23,31-34H2,1-5H3,(H2,84,97)(H,87,107)(H,88,104)(H,89,106)(H,90,108)(H,91,103)(H,92,105)(H,109,110)/t36-,49+,50-,57+,59-,61+,62+,63-,64+,65-,66+,67+,68+,69-,71+,72+,80-,81-/m0/s1. The Labute approximate surface area is 672 Å². The van der Waals surface area contributed by atoms with Crippen molar-refractivity contribution in [3.05, 3.63) is 188 Å². The van der Waals surface area contributed by atoms with Gasteiger partial charge >= 0.3 is 5.97 Å². The van der Waals surface area contributed by atoms with Crippen LogP contribution in [0.1, 0.15) is 122 Å². The number of halogens is 2. The van der Waals surface area contributed by atoms with Crippen molar-refractivity contribution in [2.75, 3.05) is 13.7 Å². The van der Waals surface area contributed by atoms with E-state index in [1.54, 1.807) is 13.8 Å². The molecule has 2 fully saturated rings. The number of carbonyl (C=O) groups is 8. The maximum atomic E-state index is 16.2. The Hall–Kier alpha value is -11.2. The van der Waals surface area contributed by atoms with Crippen molar-refractivity contribution >= 4 is 70.5 Å². The highest BCUT2D eigenvalue weighted by Crippen LogP contribution is 2.50. The Kier molecular flexibility index (Phi) is 25.8. The summed E-state index contributed by atoms with van der Waals surface area (Å²) < 4.78 is 39.5. The molecule has 0 aromatic heterocycles. The molecule has 20 N–H and O–H groups in total. The van der Waals surface area contributed by atoms with Crippen molar-refractivity contribution in [2.24, 2.45) is 11.7 Å². The molecule has 0 spiro atoms. The summed E-state index contributed by atoms with van der Waals surface area (Å²) in [5, 5.41) is 137. The number of fused-ring (bicyclic) bond motifs is 15. The summed E-state index contributed by atoms with van der Waals surface area (Å²) >= 11 is 14.3. The van der Waals surface area contributed by atoms with Crippen molar-refractivity contribution in [2.45, 2.75) is 163 Å². The molecule has 0 radical (unpaired) electrons. The molecule has 7 amide bonds. The van der Waals surface area contributed by atoms with Gasteiger partial charge in [-0.3, -0.25) is 33.6 Å². The minimum atomic E-state index is -2.36. The number of ether oxygens (including phenoxy) is 6. The van der Waals surface area contributed by atoms with E-state index in [1.165, 1.54) is 19.2 Å². The van der Waals surface area contributed by atoms with Gasteiger partial charge in [0.05, 0.1) is 41.3 Å². The lowest BCUT2D eigenvalue weighted by Crippen LogP contribution is -2.65. The maximum Gasteiger partial charge on any atom is 0.330 e. The third-order valence-corrected chi connectivity index (χ3v) is 21.1. The lowest BCUT2D eigenvalue weighted by atomic mass is 9.84. The molecule has 33 nitrogen and oxygen atoms in total. The number of carboxylic acids is 1. The van der Waals surface area contributed by atoms with Crippen LogP contribution in [-0.4, -0.2) is 191 Å². The molecule has 7 heterocycles. The molecule has 7 aromatic carbocycles. The van der Waals surface area contributed by atoms with Crippen LogP contribution in [0.5, 0.6) is 46.0 Å². The van der Waals surface area contributed by atoms with Gasteiger partial charge in [-0.25, -0.2) is 4.79 Å². The van der Waals surface area contributed by atoms with Crippen molar-refractivity contribution in [1.29, 1.82) is 0 Å². The van der Waals surface area contributed by atoms with E-state index >= 15 is 14.4 Å². The highest BCUT2D eigenvalue weighted by molar-refractivity contribution is 6.32. The highest BCUT2D eigenvalue weighted by Gasteiger charge is 2.52. The summed E-state index contributed by atoms with van der Waals surface area (Å²) in [6.45, 7) is 6.14. The molecule has 7 aromatic rings. The second-order valence-corrected chi connectivity index (χ2v) is 30.1. The van der Waals surface area contributed by atoms with Gasteiger partial charge in [-0.1, -0.05) is 97.4 Å². The largest absolute Gasteiger partial charge is 0.508 e. The molecule has 2 saturated heterocycles. The number of aliphatic carboxylic acids is 1. The Morgan fingerprint density at radius 3 is 1.90 bits per heavy atom. The predicted octanol–water partition coefficient (Wildman–Crippen LogP) is 3.34. The van der Waals surface area contributed by atoms with Crippen LogP contribution in [0.25, 0.3) is 11.1 Å². The number of primary amides is 1. The number of hydrogen-bond acceptors (Lipinski definition) is 25. The fourth-order valence-electron chi connectivity index (χ4n) is 14.3. The first kappa shape index (κ1) is 84.2. The molecule has 0 aliphatic carbocycles. The zero-order chi connectivity index (χ0) is 83.5. The molecular weight excluding hydrogens is 1550 g/mol. The SMILES string of the molecule is CN[C@H](CC(C)C)C(=O)N[C@H]1C(=O)N[C@@H](CC(N)=O)C(=O)N[C@H]2C(=O)N[C@H]3C(=O)N[C@H](C(=O)N[C@H](C(=O)O)c4cc(O)cc(O)c4-c4cc3ccc4O)[C@H](O)c3ccc(c(Cl)c3)Oc3cc2cc(c3O[C@@H]2O[C@H](CO)[C@@H](O)[C@H](O)[C@H]2O[C@H]2C[C@](C)(NCc3ccc(C#Cc4ccccc4)cc3)[C@H](O)[C@H](C)O2)Oc2ccc(cc2Cl)[C@H]1O. The van der Waals surface area contributed by atoms with E-state index in [2.05, 4.69) is 54.4 Å². The second-order valence-electron chi connectivity index (χ2n) is 29.3. The first-order valence-corrected chi connectivity index (χ1v) is 37.5. The lowest BCUT2D eigenvalue weighted by molar-refractivity contribution is -0.334. The number of hydrogen-bond donors (Lipinski definition) is 19. The third-order valence-electron chi connectivity index (χ3n) is 20.5. The zero-order valence-corrected chi connectivity index (χ0v) is 64.2. The lowest BCUT2D eigenvalue weighted by Gasteiger charge is -2.48. The number of aromatic hydroxyl groups is 3. The number of aliphatic hydroxyl groups is 6. The number of likely N-dealkylation sites (N-methyl/N-ethyl adjacent to an activating group) is 1. The number of phenolic OH excluding ortho intramolecular Hbond substituents is 3. The number of rotatable bonds is 16. The monoisotopic (exact) mass is 1640 g/mol. The Bertz CT molecular complexity index is 5000. The van der Waals surface area contributed by atoms with Crippen LogP contribution in [-0.2, 0) is 59.1 Å². The van der Waals surface area contributed by atoms with Gasteiger partial charge in [0, 0.05) is 52.4 Å². The molecule has 14 rings (SSSR count). The van der Waals surface area contributed by atoms with Crippen LogP contribution < -0.4 is 62.5 Å². The van der Waals surface area contributed by atoms with E-state index in [0.29, 0.717) is 0 Å². The molecule has 116 heavy (non-hydrogen) atoms. The normalized spacial score (nSPS) is 27.0. The Balaban J connectivity index is 1.03. The van der Waals surface area contributed by atoms with Crippen molar-refractivity contribution < 1.29 is 118 Å². The average molecular weight is 1640 g/mol. The molecule has 7 aliphatic rings. The smallest absolute Gasteiger partial charge is 0.330 e. The van der Waals surface area contributed by atoms with Gasteiger partial charge in [0.25, 0.3) is 0 Å². The first-order chi connectivity index (χ1) is 55.2. The first-order valence-electron chi connectivity index (χ1n) is 36.8. The summed E-state index contributed by atoms with van der Waals surface area (Å²) in [7, 11) is 1.48. The van der Waals surface area contributed by atoms with E-state index in [-0.39, 0.29) is 52.8 Å². The number of carboxylic acid groups (broad SMARTS) is 1. The van der Waals surface area contributed by atoms with Gasteiger partial charge in [0.2, 0.25) is 53.4 Å². The van der Waals surface area contributed by atoms with Crippen LogP contribution >= 0.6 is 23.2 Å². The van der Waals surface area contributed by atoms with Gasteiger partial charge in [-0.15, -0.1) is 0 Å². The minimum absolute atomic E-state index is 0.106. The molecule has 0 unspecified atom stereocenters.